The summed E-state index contributed by atoms with van der Waals surface area (Å²) in [6.45, 7) is 0.438. The Bertz CT molecular complexity index is 680. The number of ether oxygens (including phenoxy) is 3. The van der Waals surface area contributed by atoms with E-state index >= 15 is 0 Å². The van der Waals surface area contributed by atoms with Crippen LogP contribution in [0.2, 0.25) is 0 Å². The Kier molecular flexibility index (Phi) is 14.8. The lowest BCUT2D eigenvalue weighted by atomic mass is 9.96. The molecule has 14 atom stereocenters. The first-order valence-corrected chi connectivity index (χ1v) is 12.7. The maximum absolute atomic E-state index is 10.2. The van der Waals surface area contributed by atoms with Gasteiger partial charge < -0.3 is 75.7 Å². The van der Waals surface area contributed by atoms with Crippen molar-refractivity contribution in [2.75, 3.05) is 39.5 Å². The van der Waals surface area contributed by atoms with Gasteiger partial charge in [-0.15, -0.1) is 0 Å². The normalized spacial score (nSPS) is 38.8. The van der Waals surface area contributed by atoms with Crippen molar-refractivity contribution >= 4 is 0 Å². The standard InChI is InChI=1S/C22H43NO16/c1-9-14(27)19(32)18(31)13(37-9)8-36-39-22-21(34)20(33)17(30)12(38-22)7-35-4-2-3-23-5-10(25)15(28)16(29)11(26)6-24/h9-34H,2-8H2,1H3/t9?,10-,11-,12?,13?,14?,15-,16-,17?,18?,19?,20?,21?,22?/m1/s1. The van der Waals surface area contributed by atoms with Crippen molar-refractivity contribution in [2.45, 2.75) is 99.0 Å². The van der Waals surface area contributed by atoms with E-state index in [1.165, 1.54) is 6.92 Å². The van der Waals surface area contributed by atoms with Crippen LogP contribution in [0.15, 0.2) is 0 Å². The van der Waals surface area contributed by atoms with Gasteiger partial charge >= 0.3 is 0 Å². The van der Waals surface area contributed by atoms with Gasteiger partial charge in [0.05, 0.1) is 25.4 Å². The second-order valence-electron chi connectivity index (χ2n) is 9.68. The first-order chi connectivity index (χ1) is 18.4. The summed E-state index contributed by atoms with van der Waals surface area (Å²) in [7, 11) is 0. The maximum Gasteiger partial charge on any atom is 0.220 e. The molecule has 0 aliphatic carbocycles. The molecule has 2 rings (SSSR count). The lowest BCUT2D eigenvalue weighted by Gasteiger charge is -2.40. The molecule has 0 amide bonds. The van der Waals surface area contributed by atoms with Crippen LogP contribution >= 0.6 is 0 Å². The Morgan fingerprint density at radius 3 is 1.97 bits per heavy atom. The van der Waals surface area contributed by atoms with Gasteiger partial charge in [-0.2, -0.15) is 0 Å². The minimum Gasteiger partial charge on any atom is -0.394 e. The van der Waals surface area contributed by atoms with E-state index in [-0.39, 0.29) is 19.8 Å². The molecule has 2 aliphatic rings. The van der Waals surface area contributed by atoms with Crippen molar-refractivity contribution in [3.05, 3.63) is 0 Å². The summed E-state index contributed by atoms with van der Waals surface area (Å²) < 4.78 is 16.2. The third kappa shape index (κ3) is 9.69. The van der Waals surface area contributed by atoms with E-state index in [4.69, 9.17) is 29.1 Å². The van der Waals surface area contributed by atoms with Crippen LogP contribution in [0.25, 0.3) is 0 Å². The Morgan fingerprint density at radius 1 is 0.744 bits per heavy atom. The van der Waals surface area contributed by atoms with E-state index in [0.29, 0.717) is 13.0 Å². The van der Waals surface area contributed by atoms with Crippen LogP contribution in [0, 0.1) is 0 Å². The Labute approximate surface area is 224 Å². The van der Waals surface area contributed by atoms with Crippen molar-refractivity contribution in [3.63, 3.8) is 0 Å². The van der Waals surface area contributed by atoms with Gasteiger partial charge in [-0.1, -0.05) is 0 Å². The van der Waals surface area contributed by atoms with Crippen molar-refractivity contribution in [3.8, 4) is 0 Å². The second kappa shape index (κ2) is 16.7. The van der Waals surface area contributed by atoms with Gasteiger partial charge in [0.2, 0.25) is 6.29 Å². The number of aliphatic hydroxyl groups excluding tert-OH is 11. The molecule has 0 aromatic rings. The highest BCUT2D eigenvalue weighted by Gasteiger charge is 2.46. The lowest BCUT2D eigenvalue weighted by Crippen LogP contribution is -2.60. The molecule has 0 bridgehead atoms. The summed E-state index contributed by atoms with van der Waals surface area (Å²) >= 11 is 0. The Morgan fingerprint density at radius 2 is 1.33 bits per heavy atom. The highest BCUT2D eigenvalue weighted by molar-refractivity contribution is 4.91. The summed E-state index contributed by atoms with van der Waals surface area (Å²) in [5.41, 5.74) is 0. The largest absolute Gasteiger partial charge is 0.394 e. The molecular formula is C22H43NO16. The van der Waals surface area contributed by atoms with Crippen LogP contribution in [-0.4, -0.2) is 181 Å². The molecule has 0 radical (unpaired) electrons. The summed E-state index contributed by atoms with van der Waals surface area (Å²) in [6.07, 6.45) is -19.6. The van der Waals surface area contributed by atoms with Crippen LogP contribution in [0.3, 0.4) is 0 Å². The van der Waals surface area contributed by atoms with Crippen LogP contribution < -0.4 is 5.32 Å². The first-order valence-electron chi connectivity index (χ1n) is 12.7. The fourth-order valence-corrected chi connectivity index (χ4v) is 4.01. The summed E-state index contributed by atoms with van der Waals surface area (Å²) in [5, 5.41) is 110. The van der Waals surface area contributed by atoms with Crippen molar-refractivity contribution in [2.24, 2.45) is 0 Å². The van der Waals surface area contributed by atoms with Crippen molar-refractivity contribution in [1.29, 1.82) is 0 Å². The van der Waals surface area contributed by atoms with Gasteiger partial charge in [-0.25, -0.2) is 9.78 Å². The number of hydrogen-bond acceptors (Lipinski definition) is 17. The molecule has 39 heavy (non-hydrogen) atoms. The minimum absolute atomic E-state index is 0.120. The monoisotopic (exact) mass is 577 g/mol. The molecule has 0 spiro atoms. The zero-order valence-corrected chi connectivity index (χ0v) is 21.5. The number of aliphatic hydroxyl groups is 11. The summed E-state index contributed by atoms with van der Waals surface area (Å²) in [6, 6.07) is 0. The minimum atomic E-state index is -1.72. The van der Waals surface area contributed by atoms with Gasteiger partial charge in [-0.05, 0) is 19.9 Å². The summed E-state index contributed by atoms with van der Waals surface area (Å²) in [4.78, 5) is 9.97. The zero-order valence-electron chi connectivity index (χ0n) is 21.5. The van der Waals surface area contributed by atoms with Gasteiger partial charge in [0.1, 0.15) is 73.8 Å². The summed E-state index contributed by atoms with van der Waals surface area (Å²) in [5.74, 6) is 0. The Balaban J connectivity index is 1.68. The fourth-order valence-electron chi connectivity index (χ4n) is 4.01. The Hall–Kier alpha value is -0.680. The van der Waals surface area contributed by atoms with Crippen LogP contribution in [0.1, 0.15) is 13.3 Å². The maximum atomic E-state index is 10.2. The molecule has 12 N–H and O–H groups in total. The van der Waals surface area contributed by atoms with E-state index < -0.39 is 98.9 Å². The molecule has 0 saturated carbocycles. The number of nitrogens with one attached hydrogen (secondary N) is 1. The molecule has 10 unspecified atom stereocenters. The molecule has 2 saturated heterocycles. The molecule has 0 aromatic carbocycles. The average Bonchev–Trinajstić information content (AvgIpc) is 2.93. The van der Waals surface area contributed by atoms with E-state index in [1.54, 1.807) is 0 Å². The highest BCUT2D eigenvalue weighted by Crippen LogP contribution is 2.24. The van der Waals surface area contributed by atoms with E-state index in [0.717, 1.165) is 0 Å². The van der Waals surface area contributed by atoms with Crippen molar-refractivity contribution in [1.82, 2.24) is 5.32 Å². The van der Waals surface area contributed by atoms with E-state index in [9.17, 15) is 51.1 Å². The lowest BCUT2D eigenvalue weighted by molar-refractivity contribution is -0.433. The molecule has 2 heterocycles. The molecule has 2 fully saturated rings. The van der Waals surface area contributed by atoms with Gasteiger partial charge in [0, 0.05) is 13.2 Å². The smallest absolute Gasteiger partial charge is 0.220 e. The molecule has 0 aromatic heterocycles. The quantitative estimate of drug-likeness (QED) is 0.0461. The third-order valence-electron chi connectivity index (χ3n) is 6.62. The van der Waals surface area contributed by atoms with Crippen LogP contribution in [0.4, 0.5) is 0 Å². The topological polar surface area (TPSA) is 281 Å². The molecule has 17 nitrogen and oxygen atoms in total. The first kappa shape index (κ1) is 34.5. The van der Waals surface area contributed by atoms with Crippen LogP contribution in [0.5, 0.6) is 0 Å². The fraction of sp³-hybridized carbons (Fsp3) is 1.00. The average molecular weight is 578 g/mol. The van der Waals surface area contributed by atoms with Crippen LogP contribution in [-0.2, 0) is 24.0 Å². The van der Waals surface area contributed by atoms with E-state index in [1.807, 2.05) is 0 Å². The molecular weight excluding hydrogens is 534 g/mol. The van der Waals surface area contributed by atoms with Gasteiger partial charge in [-0.3, -0.25) is 0 Å². The van der Waals surface area contributed by atoms with Gasteiger partial charge in [0.25, 0.3) is 0 Å². The molecule has 2 aliphatic heterocycles. The predicted molar refractivity (Wildman–Crippen MR) is 125 cm³/mol. The highest BCUT2D eigenvalue weighted by atomic mass is 17.2. The number of rotatable bonds is 16. The number of hydrogen-bond donors (Lipinski definition) is 12. The SMILES string of the molecule is CC1OC(COOC2OC(COCCCNC[C@@H](O)[C@@H](O)[C@H](O)[C@H](O)CO)C(O)C(O)C2O)C(O)C(O)C1O. The van der Waals surface area contributed by atoms with Crippen molar-refractivity contribution < 1.29 is 80.2 Å². The molecule has 232 valence electrons. The predicted octanol–water partition coefficient (Wildman–Crippen LogP) is -6.96. The van der Waals surface area contributed by atoms with Gasteiger partial charge in [0.15, 0.2) is 0 Å². The van der Waals surface area contributed by atoms with E-state index in [2.05, 4.69) is 5.32 Å². The third-order valence-corrected chi connectivity index (χ3v) is 6.62. The molecule has 17 heteroatoms. The second-order valence-corrected chi connectivity index (χ2v) is 9.68. The zero-order chi connectivity index (χ0) is 29.3.